The van der Waals surface area contributed by atoms with Gasteiger partial charge < -0.3 is 29.2 Å². The van der Waals surface area contributed by atoms with Crippen LogP contribution in [0.4, 0.5) is 0 Å². The van der Waals surface area contributed by atoms with Crippen molar-refractivity contribution in [2.24, 2.45) is 0 Å². The molecular weight excluding hydrogens is 550 g/mol. The van der Waals surface area contributed by atoms with Crippen LogP contribution in [-0.4, -0.2) is 66.0 Å². The molecule has 236 valence electrons. The van der Waals surface area contributed by atoms with Gasteiger partial charge in [-0.3, -0.25) is 15.0 Å². The zero-order chi connectivity index (χ0) is 32.2. The van der Waals surface area contributed by atoms with Crippen molar-refractivity contribution in [3.05, 3.63) is 53.6 Å². The molecule has 43 heavy (non-hydrogen) atoms. The molecule has 2 amide bonds. The lowest BCUT2D eigenvalue weighted by molar-refractivity contribution is -0.158. The molecule has 0 aliphatic heterocycles. The molecule has 0 fully saturated rings. The number of nitrogens with zero attached hydrogens (tertiary/aromatic N) is 1. The molecule has 2 rings (SSSR count). The van der Waals surface area contributed by atoms with Gasteiger partial charge in [-0.05, 0) is 104 Å². The van der Waals surface area contributed by atoms with E-state index >= 15 is 0 Å². The Morgan fingerprint density at radius 3 is 1.98 bits per heavy atom. The van der Waals surface area contributed by atoms with Gasteiger partial charge in [0, 0.05) is 30.6 Å². The van der Waals surface area contributed by atoms with Crippen molar-refractivity contribution in [1.82, 2.24) is 10.2 Å². The summed E-state index contributed by atoms with van der Waals surface area (Å²) < 4.78 is 23.0. The second-order valence-electron chi connectivity index (χ2n) is 11.2. The van der Waals surface area contributed by atoms with Gasteiger partial charge in [-0.15, -0.1) is 0 Å². The van der Waals surface area contributed by atoms with Gasteiger partial charge in [-0.2, -0.15) is 0 Å². The van der Waals surface area contributed by atoms with Crippen molar-refractivity contribution in [3.8, 4) is 17.2 Å². The maximum Gasteiger partial charge on any atom is 0.349 e. The Morgan fingerprint density at radius 1 is 0.884 bits per heavy atom. The van der Waals surface area contributed by atoms with Crippen molar-refractivity contribution in [2.75, 3.05) is 19.8 Å². The van der Waals surface area contributed by atoms with E-state index < -0.39 is 11.6 Å². The maximum absolute atomic E-state index is 13.5. The van der Waals surface area contributed by atoms with E-state index in [-0.39, 0.29) is 42.1 Å². The second kappa shape index (κ2) is 16.5. The number of ether oxygens (including phenoxy) is 4. The number of carbonyl (C=O) groups is 3. The highest BCUT2D eigenvalue weighted by atomic mass is 16.6. The van der Waals surface area contributed by atoms with Gasteiger partial charge in [-0.25, -0.2) is 4.79 Å². The van der Waals surface area contributed by atoms with Gasteiger partial charge in [0.1, 0.15) is 23.1 Å². The molecule has 0 aliphatic carbocycles. The molecule has 0 heterocycles. The van der Waals surface area contributed by atoms with E-state index in [1.54, 1.807) is 68.1 Å². The number of amidine groups is 1. The summed E-state index contributed by atoms with van der Waals surface area (Å²) in [5, 5.41) is 10.3. The Labute approximate surface area is 255 Å². The van der Waals surface area contributed by atoms with Crippen LogP contribution in [0.5, 0.6) is 17.2 Å². The number of hydrogen-bond acceptors (Lipinski definition) is 8. The van der Waals surface area contributed by atoms with Crippen molar-refractivity contribution in [2.45, 2.75) is 92.3 Å². The standard InChI is InChI=1S/C33H47N3O7/c1-9-40-32(39)33(7,8)43-29-21-27(17-18-28(29)31(38)36(22(2)3)23(4)5)42-20-12-10-11-19-41-26-15-13-25(14-16-26)30(34)35-24(6)37/h13-18,21-23H,9-12,19-20H2,1-8H3,(H2,34,35,37). The molecule has 0 saturated heterocycles. The molecule has 0 saturated carbocycles. The minimum atomic E-state index is -1.31. The number of hydrogen-bond donors (Lipinski definition) is 2. The second-order valence-corrected chi connectivity index (χ2v) is 11.2. The zero-order valence-electron chi connectivity index (χ0n) is 26.7. The topological polar surface area (TPSA) is 127 Å². The van der Waals surface area contributed by atoms with Crippen LogP contribution < -0.4 is 19.5 Å². The average Bonchev–Trinajstić information content (AvgIpc) is 2.92. The molecule has 0 spiro atoms. The minimum Gasteiger partial charge on any atom is -0.494 e. The lowest BCUT2D eigenvalue weighted by Gasteiger charge is -2.32. The van der Waals surface area contributed by atoms with Crippen LogP contribution in [-0.2, 0) is 14.3 Å². The van der Waals surface area contributed by atoms with E-state index in [0.29, 0.717) is 35.8 Å². The smallest absolute Gasteiger partial charge is 0.349 e. The number of rotatable bonds is 16. The number of amides is 2. The Hall–Kier alpha value is -4.08. The predicted molar refractivity (Wildman–Crippen MR) is 166 cm³/mol. The summed E-state index contributed by atoms with van der Waals surface area (Å²) in [7, 11) is 0. The molecule has 0 aliphatic rings. The molecule has 0 radical (unpaired) electrons. The molecule has 2 N–H and O–H groups in total. The first kappa shape index (κ1) is 35.1. The van der Waals surface area contributed by atoms with Gasteiger partial charge in [0.25, 0.3) is 5.91 Å². The molecule has 2 aromatic carbocycles. The van der Waals surface area contributed by atoms with Crippen LogP contribution in [0.3, 0.4) is 0 Å². The maximum atomic E-state index is 13.5. The van der Waals surface area contributed by atoms with Crippen molar-refractivity contribution in [3.63, 3.8) is 0 Å². The lowest BCUT2D eigenvalue weighted by Crippen LogP contribution is -2.43. The SMILES string of the molecule is CCOC(=O)C(C)(C)Oc1cc(OCCCCCOc2ccc(C(=N)NC(C)=O)cc2)ccc1C(=O)N(C(C)C)C(C)C. The van der Waals surface area contributed by atoms with Crippen molar-refractivity contribution in [1.29, 1.82) is 5.41 Å². The van der Waals surface area contributed by atoms with Crippen molar-refractivity contribution >= 4 is 23.6 Å². The van der Waals surface area contributed by atoms with Crippen molar-refractivity contribution < 1.29 is 33.3 Å². The summed E-state index contributed by atoms with van der Waals surface area (Å²) in [6.07, 6.45) is 2.48. The largest absolute Gasteiger partial charge is 0.494 e. The third-order valence-electron chi connectivity index (χ3n) is 6.43. The molecule has 0 atom stereocenters. The van der Waals surface area contributed by atoms with E-state index in [4.69, 9.17) is 24.4 Å². The zero-order valence-corrected chi connectivity index (χ0v) is 26.7. The van der Waals surface area contributed by atoms with Crippen LogP contribution >= 0.6 is 0 Å². The van der Waals surface area contributed by atoms with Gasteiger partial charge in [-0.1, -0.05) is 0 Å². The number of benzene rings is 2. The number of unbranched alkanes of at least 4 members (excludes halogenated alkanes) is 2. The molecule has 0 aromatic heterocycles. The highest BCUT2D eigenvalue weighted by molar-refractivity contribution is 6.05. The van der Waals surface area contributed by atoms with Gasteiger partial charge in [0.2, 0.25) is 5.91 Å². The fourth-order valence-corrected chi connectivity index (χ4v) is 4.41. The Bertz CT molecular complexity index is 1230. The first-order chi connectivity index (χ1) is 20.3. The van der Waals surface area contributed by atoms with Gasteiger partial charge in [0.15, 0.2) is 5.60 Å². The fourth-order valence-electron chi connectivity index (χ4n) is 4.41. The Morgan fingerprint density at radius 2 is 1.44 bits per heavy atom. The molecule has 0 bridgehead atoms. The molecule has 2 aromatic rings. The summed E-state index contributed by atoms with van der Waals surface area (Å²) in [5.74, 6) is 0.546. The van der Waals surface area contributed by atoms with E-state index in [9.17, 15) is 14.4 Å². The first-order valence-electron chi connectivity index (χ1n) is 14.8. The number of nitrogens with one attached hydrogen (secondary N) is 2. The first-order valence-corrected chi connectivity index (χ1v) is 14.8. The monoisotopic (exact) mass is 597 g/mol. The fraction of sp³-hybridized carbons (Fsp3) is 0.515. The molecule has 0 unspecified atom stereocenters. The highest BCUT2D eigenvalue weighted by Gasteiger charge is 2.34. The number of esters is 1. The Balaban J connectivity index is 1.97. The third-order valence-corrected chi connectivity index (χ3v) is 6.43. The van der Waals surface area contributed by atoms with Crippen LogP contribution in [0.15, 0.2) is 42.5 Å². The summed E-state index contributed by atoms with van der Waals surface area (Å²) in [5.41, 5.74) is -0.353. The molecule has 10 nitrogen and oxygen atoms in total. The summed E-state index contributed by atoms with van der Waals surface area (Å²) in [6.45, 7) is 15.4. The summed E-state index contributed by atoms with van der Waals surface area (Å²) >= 11 is 0. The van der Waals surface area contributed by atoms with Gasteiger partial charge >= 0.3 is 5.97 Å². The third kappa shape index (κ3) is 10.9. The van der Waals surface area contributed by atoms with Crippen LogP contribution in [0.1, 0.15) is 90.6 Å². The van der Waals surface area contributed by atoms with E-state index in [1.807, 2.05) is 27.7 Å². The molecule has 10 heteroatoms. The number of carbonyl (C=O) groups excluding carboxylic acids is 3. The van der Waals surface area contributed by atoms with Crippen LogP contribution in [0.2, 0.25) is 0 Å². The van der Waals surface area contributed by atoms with Crippen LogP contribution in [0, 0.1) is 5.41 Å². The minimum absolute atomic E-state index is 0.0256. The van der Waals surface area contributed by atoms with E-state index in [2.05, 4.69) is 5.32 Å². The van der Waals surface area contributed by atoms with E-state index in [1.165, 1.54) is 6.92 Å². The normalized spacial score (nSPS) is 11.2. The van der Waals surface area contributed by atoms with Crippen LogP contribution in [0.25, 0.3) is 0 Å². The predicted octanol–water partition coefficient (Wildman–Crippen LogP) is 5.76. The average molecular weight is 598 g/mol. The quantitative estimate of drug-likeness (QED) is 0.109. The highest BCUT2D eigenvalue weighted by Crippen LogP contribution is 2.31. The summed E-state index contributed by atoms with van der Waals surface area (Å²) in [4.78, 5) is 39.0. The summed E-state index contributed by atoms with van der Waals surface area (Å²) in [6, 6.07) is 12.0. The van der Waals surface area contributed by atoms with E-state index in [0.717, 1.165) is 19.3 Å². The molecular formula is C33H47N3O7. The van der Waals surface area contributed by atoms with Gasteiger partial charge in [0.05, 0.1) is 25.4 Å². The lowest BCUT2D eigenvalue weighted by atomic mass is 10.1. The Kier molecular flexibility index (Phi) is 13.5.